The van der Waals surface area contributed by atoms with Crippen LogP contribution in [0.15, 0.2) is 0 Å². The number of likely N-dealkylation sites (tertiary alicyclic amines) is 1. The molecule has 1 rings (SSSR count). The van der Waals surface area contributed by atoms with Crippen LogP contribution in [0.1, 0.15) is 85.0 Å². The fourth-order valence-corrected chi connectivity index (χ4v) is 3.42. The summed E-state index contributed by atoms with van der Waals surface area (Å²) in [5.74, 6) is -0.0280. The van der Waals surface area contributed by atoms with Gasteiger partial charge in [0.15, 0.2) is 0 Å². The Morgan fingerprint density at radius 2 is 1.71 bits per heavy atom. The third-order valence-corrected chi connectivity index (χ3v) is 4.77. The Balaban J connectivity index is 2.63. The van der Waals surface area contributed by atoms with Gasteiger partial charge in [0.05, 0.1) is 13.0 Å². The van der Waals surface area contributed by atoms with Gasteiger partial charge in [-0.25, -0.2) is 0 Å². The fourth-order valence-electron chi connectivity index (χ4n) is 3.42. The standard InChI is InChI=1S/C18H35NO2/c1-4-6-7-10-13-18(3,16-17(20)21-5-2)19-14-11-8-9-12-15-19/h4-16H2,1-3H3. The second-order valence-corrected chi connectivity index (χ2v) is 6.69. The zero-order valence-corrected chi connectivity index (χ0v) is 14.5. The number of unbranched alkanes of at least 4 members (excludes halogenated alkanes) is 3. The number of esters is 1. The summed E-state index contributed by atoms with van der Waals surface area (Å²) in [6.45, 7) is 9.19. The lowest BCUT2D eigenvalue weighted by Crippen LogP contribution is -2.48. The lowest BCUT2D eigenvalue weighted by Gasteiger charge is -2.40. The summed E-state index contributed by atoms with van der Waals surface area (Å²) in [5, 5.41) is 0. The van der Waals surface area contributed by atoms with E-state index in [1.54, 1.807) is 0 Å². The molecule has 0 radical (unpaired) electrons. The molecule has 0 spiro atoms. The topological polar surface area (TPSA) is 29.5 Å². The second kappa shape index (κ2) is 10.2. The van der Waals surface area contributed by atoms with Crippen molar-refractivity contribution in [2.45, 2.75) is 90.5 Å². The molecule has 1 fully saturated rings. The fraction of sp³-hybridized carbons (Fsp3) is 0.944. The molecule has 1 aliphatic heterocycles. The van der Waals surface area contributed by atoms with Gasteiger partial charge in [-0.3, -0.25) is 9.69 Å². The smallest absolute Gasteiger partial charge is 0.307 e. The van der Waals surface area contributed by atoms with E-state index in [9.17, 15) is 4.79 Å². The van der Waals surface area contributed by atoms with Gasteiger partial charge in [0.25, 0.3) is 0 Å². The average molecular weight is 297 g/mol. The van der Waals surface area contributed by atoms with Crippen molar-refractivity contribution in [3.63, 3.8) is 0 Å². The molecule has 0 aromatic rings. The van der Waals surface area contributed by atoms with E-state index in [2.05, 4.69) is 18.7 Å². The number of hydrogen-bond acceptors (Lipinski definition) is 3. The van der Waals surface area contributed by atoms with Crippen LogP contribution in [-0.4, -0.2) is 36.1 Å². The van der Waals surface area contributed by atoms with Crippen molar-refractivity contribution in [1.82, 2.24) is 4.90 Å². The maximum Gasteiger partial charge on any atom is 0.307 e. The maximum absolute atomic E-state index is 12.0. The van der Waals surface area contributed by atoms with Crippen molar-refractivity contribution in [1.29, 1.82) is 0 Å². The third-order valence-electron chi connectivity index (χ3n) is 4.77. The van der Waals surface area contributed by atoms with Gasteiger partial charge in [0, 0.05) is 5.54 Å². The minimum absolute atomic E-state index is 0.00959. The van der Waals surface area contributed by atoms with E-state index in [0.717, 1.165) is 19.5 Å². The summed E-state index contributed by atoms with van der Waals surface area (Å²) >= 11 is 0. The van der Waals surface area contributed by atoms with Crippen molar-refractivity contribution in [3.8, 4) is 0 Å². The van der Waals surface area contributed by atoms with Gasteiger partial charge in [-0.2, -0.15) is 0 Å². The predicted octanol–water partition coefficient (Wildman–Crippen LogP) is 4.54. The minimum Gasteiger partial charge on any atom is -0.466 e. The third kappa shape index (κ3) is 6.82. The average Bonchev–Trinajstić information content (AvgIpc) is 2.73. The monoisotopic (exact) mass is 297 g/mol. The van der Waals surface area contributed by atoms with Crippen molar-refractivity contribution in [3.05, 3.63) is 0 Å². The van der Waals surface area contributed by atoms with Gasteiger partial charge >= 0.3 is 5.97 Å². The number of carbonyl (C=O) groups is 1. The molecule has 0 aliphatic carbocycles. The van der Waals surface area contributed by atoms with Crippen LogP contribution in [0.2, 0.25) is 0 Å². The van der Waals surface area contributed by atoms with E-state index in [-0.39, 0.29) is 11.5 Å². The van der Waals surface area contributed by atoms with Gasteiger partial charge < -0.3 is 4.74 Å². The number of ether oxygens (including phenoxy) is 1. The Morgan fingerprint density at radius 1 is 1.05 bits per heavy atom. The first-order chi connectivity index (χ1) is 10.1. The Bertz CT molecular complexity index is 285. The van der Waals surface area contributed by atoms with E-state index in [1.165, 1.54) is 51.4 Å². The largest absolute Gasteiger partial charge is 0.466 e. The van der Waals surface area contributed by atoms with E-state index < -0.39 is 0 Å². The summed E-state index contributed by atoms with van der Waals surface area (Å²) in [5.41, 5.74) is -0.00959. The molecule has 1 atom stereocenters. The molecule has 0 aromatic carbocycles. The van der Waals surface area contributed by atoms with Gasteiger partial charge in [-0.05, 0) is 46.2 Å². The highest BCUT2D eigenvalue weighted by atomic mass is 16.5. The molecule has 0 amide bonds. The number of rotatable bonds is 9. The van der Waals surface area contributed by atoms with Crippen LogP contribution in [0.25, 0.3) is 0 Å². The normalized spacial score (nSPS) is 19.8. The quantitative estimate of drug-likeness (QED) is 0.462. The predicted molar refractivity (Wildman–Crippen MR) is 88.5 cm³/mol. The van der Waals surface area contributed by atoms with E-state index >= 15 is 0 Å². The Labute approximate surface area is 131 Å². The highest BCUT2D eigenvalue weighted by Crippen LogP contribution is 2.29. The summed E-state index contributed by atoms with van der Waals surface area (Å²) in [7, 11) is 0. The van der Waals surface area contributed by atoms with E-state index in [4.69, 9.17) is 4.74 Å². The molecule has 3 nitrogen and oxygen atoms in total. The molecule has 0 saturated carbocycles. The maximum atomic E-state index is 12.0. The molecule has 0 N–H and O–H groups in total. The molecule has 0 bridgehead atoms. The lowest BCUT2D eigenvalue weighted by atomic mass is 9.88. The Hall–Kier alpha value is -0.570. The van der Waals surface area contributed by atoms with Gasteiger partial charge in [0.1, 0.15) is 0 Å². The molecule has 1 saturated heterocycles. The first-order valence-electron chi connectivity index (χ1n) is 9.03. The summed E-state index contributed by atoms with van der Waals surface area (Å²) in [4.78, 5) is 14.6. The SMILES string of the molecule is CCCCCCC(C)(CC(=O)OCC)N1CCCCCC1. The zero-order chi connectivity index (χ0) is 15.6. The van der Waals surface area contributed by atoms with Crippen molar-refractivity contribution in [2.24, 2.45) is 0 Å². The van der Waals surface area contributed by atoms with Crippen LogP contribution in [0, 0.1) is 0 Å². The van der Waals surface area contributed by atoms with E-state index in [1.807, 2.05) is 6.92 Å². The molecule has 0 aromatic heterocycles. The molecule has 124 valence electrons. The van der Waals surface area contributed by atoms with Crippen LogP contribution in [0.3, 0.4) is 0 Å². The van der Waals surface area contributed by atoms with E-state index in [0.29, 0.717) is 13.0 Å². The minimum atomic E-state index is -0.0280. The zero-order valence-electron chi connectivity index (χ0n) is 14.5. The highest BCUT2D eigenvalue weighted by molar-refractivity contribution is 5.70. The molecule has 3 heteroatoms. The summed E-state index contributed by atoms with van der Waals surface area (Å²) in [6.07, 6.45) is 11.9. The van der Waals surface area contributed by atoms with Crippen LogP contribution < -0.4 is 0 Å². The number of hydrogen-bond donors (Lipinski definition) is 0. The second-order valence-electron chi connectivity index (χ2n) is 6.69. The Morgan fingerprint density at radius 3 is 2.29 bits per heavy atom. The first kappa shape index (κ1) is 18.5. The highest BCUT2D eigenvalue weighted by Gasteiger charge is 2.34. The first-order valence-corrected chi connectivity index (χ1v) is 9.03. The number of carbonyl (C=O) groups excluding carboxylic acids is 1. The molecule has 21 heavy (non-hydrogen) atoms. The summed E-state index contributed by atoms with van der Waals surface area (Å²) < 4.78 is 5.22. The van der Waals surface area contributed by atoms with Gasteiger partial charge in [-0.15, -0.1) is 0 Å². The van der Waals surface area contributed by atoms with Crippen LogP contribution >= 0.6 is 0 Å². The van der Waals surface area contributed by atoms with Crippen molar-refractivity contribution >= 4 is 5.97 Å². The van der Waals surface area contributed by atoms with Crippen molar-refractivity contribution in [2.75, 3.05) is 19.7 Å². The molecule has 1 heterocycles. The molecular formula is C18H35NO2. The molecule has 1 aliphatic rings. The lowest BCUT2D eigenvalue weighted by molar-refractivity contribution is -0.146. The van der Waals surface area contributed by atoms with Gasteiger partial charge in [-0.1, -0.05) is 45.4 Å². The molecule has 1 unspecified atom stereocenters. The van der Waals surface area contributed by atoms with Crippen LogP contribution in [0.4, 0.5) is 0 Å². The van der Waals surface area contributed by atoms with Crippen LogP contribution in [0.5, 0.6) is 0 Å². The summed E-state index contributed by atoms with van der Waals surface area (Å²) in [6, 6.07) is 0. The molecular weight excluding hydrogens is 262 g/mol. The number of nitrogens with zero attached hydrogens (tertiary/aromatic N) is 1. The van der Waals surface area contributed by atoms with Gasteiger partial charge in [0.2, 0.25) is 0 Å². The van der Waals surface area contributed by atoms with Crippen LogP contribution in [-0.2, 0) is 9.53 Å². The van der Waals surface area contributed by atoms with Crippen molar-refractivity contribution < 1.29 is 9.53 Å². The Kier molecular flexibility index (Phi) is 8.98.